The predicted molar refractivity (Wildman–Crippen MR) is 122 cm³/mol. The van der Waals surface area contributed by atoms with Gasteiger partial charge in [0.1, 0.15) is 23.9 Å². The molecule has 0 bridgehead atoms. The third kappa shape index (κ3) is 5.29. The van der Waals surface area contributed by atoms with Crippen molar-refractivity contribution in [2.24, 2.45) is 0 Å². The number of aromatic nitrogens is 2. The number of carbonyl (C=O) groups is 2. The maximum absolute atomic E-state index is 12.4. The maximum Gasteiger partial charge on any atom is 0.338 e. The highest BCUT2D eigenvalue weighted by Gasteiger charge is 2.14. The number of fused-ring (bicyclic) bond motifs is 1. The molecule has 0 fully saturated rings. The predicted octanol–water partition coefficient (Wildman–Crippen LogP) is 4.28. The van der Waals surface area contributed by atoms with Gasteiger partial charge in [0.2, 0.25) is 0 Å². The average Bonchev–Trinajstić information content (AvgIpc) is 3.37. The zero-order valence-corrected chi connectivity index (χ0v) is 19.0. The summed E-state index contributed by atoms with van der Waals surface area (Å²) in [5.74, 6) is 0.748. The molecular weight excluding hydrogens is 446 g/mol. The fraction of sp³-hybridized carbons (Fsp3) is 0.217. The molecule has 33 heavy (non-hydrogen) atoms. The van der Waals surface area contributed by atoms with E-state index in [1.54, 1.807) is 43.5 Å². The van der Waals surface area contributed by atoms with Gasteiger partial charge in [-0.3, -0.25) is 10.1 Å². The number of hydrogen-bond acceptors (Lipinski definition) is 9. The smallest absolute Gasteiger partial charge is 0.338 e. The standard InChI is InChI=1S/C23H21N3O6S/c1-13-18(14(2)32-26-13)11-30-17-6-4-5-15(9-17)22(28)31-12-21(27)25-23-24-19-8-7-16(29-3)10-20(19)33-23/h4-10H,11-12H2,1-3H3,(H,24,25,27). The minimum Gasteiger partial charge on any atom is -0.497 e. The minimum absolute atomic E-state index is 0.260. The van der Waals surface area contributed by atoms with Crippen LogP contribution in [0.5, 0.6) is 11.5 Å². The van der Waals surface area contributed by atoms with E-state index in [0.717, 1.165) is 21.5 Å². The van der Waals surface area contributed by atoms with Crippen molar-refractivity contribution in [1.29, 1.82) is 0 Å². The molecule has 1 amide bonds. The molecule has 0 atom stereocenters. The van der Waals surface area contributed by atoms with E-state index >= 15 is 0 Å². The van der Waals surface area contributed by atoms with Crippen molar-refractivity contribution >= 4 is 38.6 Å². The number of amides is 1. The Morgan fingerprint density at radius 1 is 1.12 bits per heavy atom. The first kappa shape index (κ1) is 22.3. The summed E-state index contributed by atoms with van der Waals surface area (Å²) in [5, 5.41) is 6.94. The maximum atomic E-state index is 12.4. The molecule has 0 radical (unpaired) electrons. The fourth-order valence-corrected chi connectivity index (χ4v) is 3.94. The van der Waals surface area contributed by atoms with Crippen LogP contribution in [-0.2, 0) is 16.1 Å². The topological polar surface area (TPSA) is 113 Å². The monoisotopic (exact) mass is 467 g/mol. The molecule has 0 saturated heterocycles. The molecule has 0 aliphatic rings. The van der Waals surface area contributed by atoms with Gasteiger partial charge in [-0.25, -0.2) is 9.78 Å². The summed E-state index contributed by atoms with van der Waals surface area (Å²) in [6, 6.07) is 12.0. The number of rotatable bonds is 8. The van der Waals surface area contributed by atoms with Gasteiger partial charge in [0.25, 0.3) is 5.91 Å². The largest absolute Gasteiger partial charge is 0.497 e. The molecule has 170 valence electrons. The lowest BCUT2D eigenvalue weighted by molar-refractivity contribution is -0.119. The van der Waals surface area contributed by atoms with Crippen molar-refractivity contribution in [3.8, 4) is 11.5 Å². The Bertz CT molecular complexity index is 1290. The van der Waals surface area contributed by atoms with Crippen LogP contribution in [0.15, 0.2) is 47.0 Å². The number of anilines is 1. The summed E-state index contributed by atoms with van der Waals surface area (Å²) >= 11 is 1.30. The van der Waals surface area contributed by atoms with Crippen LogP contribution >= 0.6 is 11.3 Å². The SMILES string of the molecule is COc1ccc2nc(NC(=O)COC(=O)c3cccc(OCc4c(C)noc4C)c3)sc2c1. The van der Waals surface area contributed by atoms with E-state index in [-0.39, 0.29) is 12.2 Å². The van der Waals surface area contributed by atoms with Crippen LogP contribution in [0, 0.1) is 13.8 Å². The number of hydrogen-bond donors (Lipinski definition) is 1. The second kappa shape index (κ2) is 9.70. The van der Waals surface area contributed by atoms with Crippen molar-refractivity contribution in [3.05, 3.63) is 65.0 Å². The Morgan fingerprint density at radius 3 is 2.73 bits per heavy atom. The highest BCUT2D eigenvalue weighted by Crippen LogP contribution is 2.29. The second-order valence-electron chi connectivity index (χ2n) is 7.10. The Balaban J connectivity index is 1.32. The molecule has 2 aromatic heterocycles. The van der Waals surface area contributed by atoms with Gasteiger partial charge in [-0.1, -0.05) is 22.6 Å². The first-order chi connectivity index (χ1) is 15.9. The lowest BCUT2D eigenvalue weighted by Crippen LogP contribution is -2.20. The normalized spacial score (nSPS) is 10.8. The van der Waals surface area contributed by atoms with Crippen LogP contribution in [0.25, 0.3) is 10.2 Å². The van der Waals surface area contributed by atoms with E-state index in [4.69, 9.17) is 18.7 Å². The van der Waals surface area contributed by atoms with E-state index < -0.39 is 18.5 Å². The number of thiazole rings is 1. The second-order valence-corrected chi connectivity index (χ2v) is 8.13. The highest BCUT2D eigenvalue weighted by atomic mass is 32.1. The van der Waals surface area contributed by atoms with Gasteiger partial charge < -0.3 is 18.7 Å². The van der Waals surface area contributed by atoms with E-state index in [2.05, 4.69) is 15.5 Å². The summed E-state index contributed by atoms with van der Waals surface area (Å²) < 4.78 is 22.1. The molecule has 2 heterocycles. The molecule has 4 aromatic rings. The first-order valence-corrected chi connectivity index (χ1v) is 10.8. The number of methoxy groups -OCH3 is 1. The third-order valence-electron chi connectivity index (χ3n) is 4.81. The van der Waals surface area contributed by atoms with Crippen molar-refractivity contribution in [1.82, 2.24) is 10.1 Å². The molecule has 0 saturated carbocycles. The van der Waals surface area contributed by atoms with Crippen LogP contribution < -0.4 is 14.8 Å². The Kier molecular flexibility index (Phi) is 6.55. The minimum atomic E-state index is -0.637. The zero-order chi connectivity index (χ0) is 23.4. The summed E-state index contributed by atoms with van der Waals surface area (Å²) in [6.07, 6.45) is 0. The summed E-state index contributed by atoms with van der Waals surface area (Å²) in [4.78, 5) is 29.0. The molecular formula is C23H21N3O6S. The molecule has 4 rings (SSSR count). The number of nitrogens with zero attached hydrogens (tertiary/aromatic N) is 2. The lowest BCUT2D eigenvalue weighted by atomic mass is 10.2. The Morgan fingerprint density at radius 2 is 1.97 bits per heavy atom. The van der Waals surface area contributed by atoms with Crippen molar-refractivity contribution in [3.63, 3.8) is 0 Å². The van der Waals surface area contributed by atoms with Crippen LogP contribution in [0.2, 0.25) is 0 Å². The Labute approximate surface area is 193 Å². The molecule has 0 spiro atoms. The van der Waals surface area contributed by atoms with E-state index in [1.807, 2.05) is 19.9 Å². The number of benzene rings is 2. The van der Waals surface area contributed by atoms with Gasteiger partial charge in [0, 0.05) is 0 Å². The number of ether oxygens (including phenoxy) is 3. The van der Waals surface area contributed by atoms with Gasteiger partial charge in [-0.2, -0.15) is 0 Å². The molecule has 9 nitrogen and oxygen atoms in total. The quantitative estimate of drug-likeness (QED) is 0.382. The van der Waals surface area contributed by atoms with Crippen LogP contribution in [0.3, 0.4) is 0 Å². The summed E-state index contributed by atoms with van der Waals surface area (Å²) in [7, 11) is 1.58. The summed E-state index contributed by atoms with van der Waals surface area (Å²) in [6.45, 7) is 3.46. The lowest BCUT2D eigenvalue weighted by Gasteiger charge is -2.08. The zero-order valence-electron chi connectivity index (χ0n) is 18.2. The van der Waals surface area contributed by atoms with Gasteiger partial charge in [0.05, 0.1) is 34.1 Å². The van der Waals surface area contributed by atoms with Crippen LogP contribution in [0.4, 0.5) is 5.13 Å². The molecule has 1 N–H and O–H groups in total. The fourth-order valence-electron chi connectivity index (χ4n) is 3.03. The van der Waals surface area contributed by atoms with Gasteiger partial charge >= 0.3 is 5.97 Å². The number of esters is 1. The molecule has 0 unspecified atom stereocenters. The van der Waals surface area contributed by atoms with Crippen molar-refractivity contribution in [2.75, 3.05) is 19.0 Å². The molecule has 10 heteroatoms. The van der Waals surface area contributed by atoms with Gasteiger partial charge in [0.15, 0.2) is 11.7 Å². The van der Waals surface area contributed by atoms with Crippen molar-refractivity contribution in [2.45, 2.75) is 20.5 Å². The molecule has 0 aliphatic carbocycles. The molecule has 2 aromatic carbocycles. The number of carbonyl (C=O) groups excluding carboxylic acids is 2. The average molecular weight is 468 g/mol. The van der Waals surface area contributed by atoms with Crippen LogP contribution in [-0.4, -0.2) is 35.7 Å². The Hall–Kier alpha value is -3.92. The van der Waals surface area contributed by atoms with Crippen molar-refractivity contribution < 1.29 is 28.3 Å². The first-order valence-electron chi connectivity index (χ1n) is 9.99. The van der Waals surface area contributed by atoms with Gasteiger partial charge in [-0.15, -0.1) is 0 Å². The number of nitrogens with one attached hydrogen (secondary N) is 1. The van der Waals surface area contributed by atoms with E-state index in [9.17, 15) is 9.59 Å². The molecule has 0 aliphatic heterocycles. The van der Waals surface area contributed by atoms with Crippen LogP contribution in [0.1, 0.15) is 27.4 Å². The van der Waals surface area contributed by atoms with E-state index in [1.165, 1.54) is 11.3 Å². The third-order valence-corrected chi connectivity index (χ3v) is 5.74. The summed E-state index contributed by atoms with van der Waals surface area (Å²) in [5.41, 5.74) is 2.61. The highest BCUT2D eigenvalue weighted by molar-refractivity contribution is 7.22. The number of aryl methyl sites for hydroxylation is 2. The van der Waals surface area contributed by atoms with Gasteiger partial charge in [-0.05, 0) is 50.2 Å². The van der Waals surface area contributed by atoms with E-state index in [0.29, 0.717) is 22.4 Å².